The number of nitrogens with one attached hydrogen (secondary N) is 1. The van der Waals surface area contributed by atoms with E-state index in [1.165, 1.54) is 0 Å². The molecule has 4 heterocycles. The van der Waals surface area contributed by atoms with Crippen LogP contribution in [0.5, 0.6) is 0 Å². The lowest BCUT2D eigenvalue weighted by molar-refractivity contribution is 0.102. The van der Waals surface area contributed by atoms with E-state index in [1.54, 1.807) is 10.9 Å². The second kappa shape index (κ2) is 6.52. The van der Waals surface area contributed by atoms with E-state index in [0.717, 1.165) is 48.2 Å². The Hall–Kier alpha value is -3.62. The summed E-state index contributed by atoms with van der Waals surface area (Å²) < 4.78 is 3.61. The van der Waals surface area contributed by atoms with E-state index < -0.39 is 0 Å². The highest BCUT2D eigenvalue weighted by Crippen LogP contribution is 2.20. The van der Waals surface area contributed by atoms with Crippen LogP contribution in [-0.2, 0) is 13.0 Å². The number of aromatic nitrogens is 7. The van der Waals surface area contributed by atoms with Crippen molar-refractivity contribution in [3.05, 3.63) is 53.7 Å². The van der Waals surface area contributed by atoms with Gasteiger partial charge in [0.2, 0.25) is 5.95 Å². The monoisotopic (exact) mass is 374 g/mol. The number of carbonyl (C=O) groups excluding carboxylic acids is 1. The molecule has 4 aromatic rings. The van der Waals surface area contributed by atoms with Gasteiger partial charge < -0.3 is 0 Å². The second-order valence-electron chi connectivity index (χ2n) is 6.82. The largest absolute Gasteiger partial charge is 0.297 e. The van der Waals surface area contributed by atoms with Crippen molar-refractivity contribution in [2.75, 3.05) is 5.32 Å². The van der Waals surface area contributed by atoms with Crippen molar-refractivity contribution in [2.45, 2.75) is 32.7 Å². The van der Waals surface area contributed by atoms with Gasteiger partial charge in [0.15, 0.2) is 5.69 Å². The normalized spacial score (nSPS) is 13.5. The number of pyridine rings is 1. The van der Waals surface area contributed by atoms with E-state index >= 15 is 0 Å². The predicted molar refractivity (Wildman–Crippen MR) is 102 cm³/mol. The number of hydrogen-bond donors (Lipinski definition) is 1. The van der Waals surface area contributed by atoms with E-state index in [4.69, 9.17) is 0 Å². The van der Waals surface area contributed by atoms with E-state index in [1.807, 2.05) is 41.8 Å². The number of amides is 1. The number of nitrogens with zero attached hydrogens (tertiary/aromatic N) is 7. The van der Waals surface area contributed by atoms with Gasteiger partial charge in [0.1, 0.15) is 5.82 Å². The average molecular weight is 374 g/mol. The van der Waals surface area contributed by atoms with Crippen LogP contribution in [0.1, 0.15) is 34.8 Å². The maximum atomic E-state index is 12.8. The van der Waals surface area contributed by atoms with Crippen LogP contribution in [0.2, 0.25) is 0 Å². The lowest BCUT2D eigenvalue weighted by Crippen LogP contribution is -2.19. The zero-order valence-electron chi connectivity index (χ0n) is 15.3. The van der Waals surface area contributed by atoms with Crippen molar-refractivity contribution in [3.8, 4) is 5.69 Å². The number of hydrogen-bond acceptors (Lipinski definition) is 6. The predicted octanol–water partition coefficient (Wildman–Crippen LogP) is 2.30. The summed E-state index contributed by atoms with van der Waals surface area (Å²) in [7, 11) is 0. The molecule has 0 saturated heterocycles. The molecule has 28 heavy (non-hydrogen) atoms. The third-order valence-electron chi connectivity index (χ3n) is 5.03. The van der Waals surface area contributed by atoms with Gasteiger partial charge in [-0.05, 0) is 44.0 Å². The average Bonchev–Trinajstić information content (AvgIpc) is 3.31. The quantitative estimate of drug-likeness (QED) is 0.590. The molecule has 1 N–H and O–H groups in total. The topological polar surface area (TPSA) is 103 Å². The summed E-state index contributed by atoms with van der Waals surface area (Å²) in [5.74, 6) is 1.03. The third-order valence-corrected chi connectivity index (χ3v) is 5.03. The summed E-state index contributed by atoms with van der Waals surface area (Å²) in [6, 6.07) is 9.68. The Morgan fingerprint density at radius 2 is 2.07 bits per heavy atom. The van der Waals surface area contributed by atoms with Crippen molar-refractivity contribution in [2.24, 2.45) is 0 Å². The van der Waals surface area contributed by atoms with Crippen LogP contribution < -0.4 is 5.32 Å². The van der Waals surface area contributed by atoms with Gasteiger partial charge >= 0.3 is 0 Å². The fourth-order valence-electron chi connectivity index (χ4n) is 3.54. The summed E-state index contributed by atoms with van der Waals surface area (Å²) in [6.07, 6.45) is 4.80. The highest BCUT2D eigenvalue weighted by Gasteiger charge is 2.22. The van der Waals surface area contributed by atoms with Crippen LogP contribution >= 0.6 is 0 Å². The molecule has 9 heteroatoms. The number of benzene rings is 1. The molecule has 0 aliphatic carbocycles. The first-order chi connectivity index (χ1) is 13.7. The van der Waals surface area contributed by atoms with Gasteiger partial charge in [-0.2, -0.15) is 0 Å². The molecule has 0 atom stereocenters. The highest BCUT2D eigenvalue weighted by molar-refractivity contribution is 6.02. The Bertz CT molecular complexity index is 1190. The first-order valence-corrected chi connectivity index (χ1v) is 9.21. The molecule has 0 saturated carbocycles. The minimum absolute atomic E-state index is 0.263. The Balaban J connectivity index is 1.44. The van der Waals surface area contributed by atoms with Crippen LogP contribution in [0, 0.1) is 6.92 Å². The molecule has 1 aliphatic rings. The van der Waals surface area contributed by atoms with Gasteiger partial charge in [-0.1, -0.05) is 11.3 Å². The van der Waals surface area contributed by atoms with Gasteiger partial charge in [0.05, 0.1) is 16.9 Å². The molecule has 1 aliphatic heterocycles. The standard InChI is InChI=1S/C19H18N8O/c1-12-17(18(28)21-19-24-22-16-6-2-3-10-26(16)19)23-25-27(12)14-7-8-15-13(11-14)5-4-9-20-15/h4-5,7-9,11H,2-3,6,10H2,1H3,(H,21,24,28). The van der Waals surface area contributed by atoms with Gasteiger partial charge in [-0.3, -0.25) is 19.7 Å². The fourth-order valence-corrected chi connectivity index (χ4v) is 3.54. The van der Waals surface area contributed by atoms with Crippen molar-refractivity contribution >= 4 is 22.8 Å². The molecular weight excluding hydrogens is 356 g/mol. The molecule has 5 rings (SSSR count). The SMILES string of the molecule is Cc1c(C(=O)Nc2nnc3n2CCCC3)nnn1-c1ccc2ncccc2c1. The molecular formula is C19H18N8O. The van der Waals surface area contributed by atoms with Crippen molar-refractivity contribution in [3.63, 3.8) is 0 Å². The molecule has 1 aromatic carbocycles. The second-order valence-corrected chi connectivity index (χ2v) is 6.82. The molecule has 0 radical (unpaired) electrons. The molecule has 3 aromatic heterocycles. The number of aryl methyl sites for hydroxylation is 1. The van der Waals surface area contributed by atoms with Crippen LogP contribution in [0.25, 0.3) is 16.6 Å². The van der Waals surface area contributed by atoms with Crippen molar-refractivity contribution < 1.29 is 4.79 Å². The Labute approximate surface area is 160 Å². The van der Waals surface area contributed by atoms with Crippen LogP contribution in [0.4, 0.5) is 5.95 Å². The molecule has 0 fully saturated rings. The maximum absolute atomic E-state index is 12.8. The Kier molecular flexibility index (Phi) is 3.85. The van der Waals surface area contributed by atoms with Crippen LogP contribution in [-0.4, -0.2) is 40.6 Å². The smallest absolute Gasteiger partial charge is 0.280 e. The summed E-state index contributed by atoms with van der Waals surface area (Å²) in [5.41, 5.74) is 2.64. The Morgan fingerprint density at radius 1 is 1.14 bits per heavy atom. The van der Waals surface area contributed by atoms with Crippen molar-refractivity contribution in [1.82, 2.24) is 34.7 Å². The van der Waals surface area contributed by atoms with Gasteiger partial charge in [-0.25, -0.2) is 4.68 Å². The summed E-state index contributed by atoms with van der Waals surface area (Å²) in [6.45, 7) is 2.64. The van der Waals surface area contributed by atoms with Gasteiger partial charge in [0, 0.05) is 24.5 Å². The van der Waals surface area contributed by atoms with Crippen molar-refractivity contribution in [1.29, 1.82) is 0 Å². The zero-order chi connectivity index (χ0) is 19.1. The fraction of sp³-hybridized carbons (Fsp3) is 0.263. The molecule has 9 nitrogen and oxygen atoms in total. The molecule has 0 bridgehead atoms. The van der Waals surface area contributed by atoms with E-state index in [0.29, 0.717) is 11.6 Å². The summed E-state index contributed by atoms with van der Waals surface area (Å²) in [4.78, 5) is 17.1. The van der Waals surface area contributed by atoms with Crippen LogP contribution in [0.15, 0.2) is 36.5 Å². The first-order valence-electron chi connectivity index (χ1n) is 9.21. The maximum Gasteiger partial charge on any atom is 0.280 e. The van der Waals surface area contributed by atoms with E-state index in [2.05, 4.69) is 30.8 Å². The minimum Gasteiger partial charge on any atom is -0.297 e. The number of rotatable bonds is 3. The molecule has 0 spiro atoms. The Morgan fingerprint density at radius 3 is 3.00 bits per heavy atom. The first kappa shape index (κ1) is 16.5. The number of carbonyl (C=O) groups is 1. The lowest BCUT2D eigenvalue weighted by atomic mass is 10.2. The third kappa shape index (κ3) is 2.72. The van der Waals surface area contributed by atoms with Gasteiger partial charge in [-0.15, -0.1) is 15.3 Å². The zero-order valence-corrected chi connectivity index (χ0v) is 15.3. The van der Waals surface area contributed by atoms with Gasteiger partial charge in [0.25, 0.3) is 5.91 Å². The number of anilines is 1. The number of fused-ring (bicyclic) bond motifs is 2. The summed E-state index contributed by atoms with van der Waals surface area (Å²) in [5, 5.41) is 20.4. The lowest BCUT2D eigenvalue weighted by Gasteiger charge is -2.14. The molecule has 1 amide bonds. The van der Waals surface area contributed by atoms with E-state index in [-0.39, 0.29) is 11.6 Å². The van der Waals surface area contributed by atoms with Crippen LogP contribution in [0.3, 0.4) is 0 Å². The molecule has 0 unspecified atom stereocenters. The highest BCUT2D eigenvalue weighted by atomic mass is 16.2. The van der Waals surface area contributed by atoms with E-state index in [9.17, 15) is 4.79 Å². The summed E-state index contributed by atoms with van der Waals surface area (Å²) >= 11 is 0. The minimum atomic E-state index is -0.341. The molecule has 140 valence electrons.